The minimum absolute atomic E-state index is 0. The summed E-state index contributed by atoms with van der Waals surface area (Å²) in [6.07, 6.45) is 0. The van der Waals surface area contributed by atoms with Crippen LogP contribution in [-0.4, -0.2) is 11.3 Å². The number of rotatable bonds is 0. The number of hydrogen-bond acceptors (Lipinski definition) is 4. The molecule has 0 fully saturated rings. The van der Waals surface area contributed by atoms with Crippen molar-refractivity contribution in [2.75, 3.05) is 0 Å². The van der Waals surface area contributed by atoms with Gasteiger partial charge in [-0.05, 0) is 13.8 Å². The maximum atomic E-state index is 11.0. The second-order valence-electron chi connectivity index (χ2n) is 3.44. The average Bonchev–Trinajstić information content (AvgIpc) is 2.44. The number of hydrogen-bond donors (Lipinski definition) is 0. The highest BCUT2D eigenvalue weighted by Gasteiger charge is 2.09. The third kappa shape index (κ3) is 3.15. The maximum Gasteiger partial charge on any atom is 0.273 e. The first-order chi connectivity index (χ1) is 7.45. The van der Waals surface area contributed by atoms with E-state index in [0.29, 0.717) is 0 Å². The molecule has 2 aromatic carbocycles. The molecule has 0 spiro atoms. The van der Waals surface area contributed by atoms with E-state index >= 15 is 0 Å². The van der Waals surface area contributed by atoms with E-state index in [2.05, 4.69) is 0 Å². The lowest BCUT2D eigenvalue weighted by atomic mass is 10.2. The molecule has 0 aromatic heterocycles. The van der Waals surface area contributed by atoms with Gasteiger partial charge in [0.05, 0.1) is 0 Å². The van der Waals surface area contributed by atoms with Crippen molar-refractivity contribution in [3.8, 4) is 0 Å². The summed E-state index contributed by atoms with van der Waals surface area (Å²) < 4.78 is 0. The van der Waals surface area contributed by atoms with Gasteiger partial charge >= 0.3 is 0 Å². The molecule has 90 valence electrons. The maximum absolute atomic E-state index is 11.0. The predicted molar refractivity (Wildman–Crippen MR) is 65.1 cm³/mol. The lowest BCUT2D eigenvalue weighted by Crippen LogP contribution is -2.29. The lowest BCUT2D eigenvalue weighted by Gasteiger charge is -1.81. The van der Waals surface area contributed by atoms with E-state index in [1.807, 2.05) is 0 Å². The van der Waals surface area contributed by atoms with Gasteiger partial charge in [-0.2, -0.15) is 0 Å². The Bertz CT molecular complexity index is 608. The summed E-state index contributed by atoms with van der Waals surface area (Å²) in [5, 5.41) is 0.458. The van der Waals surface area contributed by atoms with Crippen molar-refractivity contribution in [1.29, 1.82) is 0 Å². The molecule has 5 heteroatoms. The first-order valence-electron chi connectivity index (χ1n) is 4.64. The Morgan fingerprint density at radius 1 is 0.824 bits per heavy atom. The van der Waals surface area contributed by atoms with Crippen LogP contribution in [0, 0.1) is 0 Å². The number of fused-ring (bicyclic) bond motifs is 1. The Hall–Kier alpha value is -2.14. The number of benzene rings is 1. The molecule has 2 rings (SSSR count). The fraction of sp³-hybridized carbons (Fsp3) is 0.167. The average molecular weight is 236 g/mol. The summed E-state index contributed by atoms with van der Waals surface area (Å²) in [4.78, 5) is 42.4. The highest BCUT2D eigenvalue weighted by atomic mass is 16.2. The van der Waals surface area contributed by atoms with Crippen LogP contribution in [0.1, 0.15) is 13.8 Å². The van der Waals surface area contributed by atoms with Gasteiger partial charge < -0.3 is 10.3 Å². The van der Waals surface area contributed by atoms with Crippen molar-refractivity contribution in [2.45, 2.75) is 13.8 Å². The SMILES string of the molecule is CC(C)=O.O.O=c1c(=O)c2ccccc2c1=O. The Morgan fingerprint density at radius 3 is 1.41 bits per heavy atom. The summed E-state index contributed by atoms with van der Waals surface area (Å²) in [5.74, 6) is 0.167. The summed E-state index contributed by atoms with van der Waals surface area (Å²) in [6, 6.07) is 6.23. The Labute approximate surface area is 96.3 Å². The van der Waals surface area contributed by atoms with Gasteiger partial charge in [-0.25, -0.2) is 0 Å². The molecule has 0 saturated carbocycles. The second-order valence-corrected chi connectivity index (χ2v) is 3.44. The van der Waals surface area contributed by atoms with E-state index < -0.39 is 16.3 Å². The lowest BCUT2D eigenvalue weighted by molar-refractivity contribution is -0.114. The third-order valence-electron chi connectivity index (χ3n) is 1.83. The van der Waals surface area contributed by atoms with Crippen LogP contribution < -0.4 is 16.3 Å². The highest BCUT2D eigenvalue weighted by Crippen LogP contribution is 2.01. The van der Waals surface area contributed by atoms with Crippen LogP contribution in [0.2, 0.25) is 0 Å². The molecular formula is C12H12O5. The summed E-state index contributed by atoms with van der Waals surface area (Å²) in [6.45, 7) is 3.06. The van der Waals surface area contributed by atoms with Crippen LogP contribution in [0.4, 0.5) is 0 Å². The van der Waals surface area contributed by atoms with Gasteiger partial charge in [-0.15, -0.1) is 0 Å². The van der Waals surface area contributed by atoms with Crippen molar-refractivity contribution in [2.24, 2.45) is 0 Å². The molecule has 0 aliphatic carbocycles. The van der Waals surface area contributed by atoms with E-state index in [9.17, 15) is 19.2 Å². The van der Waals surface area contributed by atoms with Crippen LogP contribution in [0.5, 0.6) is 0 Å². The van der Waals surface area contributed by atoms with Crippen molar-refractivity contribution in [3.05, 3.63) is 54.9 Å². The number of carbonyl (C=O) groups excluding carboxylic acids is 1. The van der Waals surface area contributed by atoms with Gasteiger partial charge in [0.15, 0.2) is 0 Å². The molecule has 0 aliphatic rings. The minimum Gasteiger partial charge on any atom is -0.412 e. The van der Waals surface area contributed by atoms with Crippen LogP contribution >= 0.6 is 0 Å². The Morgan fingerprint density at radius 2 is 1.12 bits per heavy atom. The monoisotopic (exact) mass is 236 g/mol. The molecule has 0 aliphatic heterocycles. The Balaban J connectivity index is 0.000000453. The predicted octanol–water partition coefficient (Wildman–Crippen LogP) is -0.433. The van der Waals surface area contributed by atoms with Crippen LogP contribution in [0.25, 0.3) is 10.8 Å². The van der Waals surface area contributed by atoms with Gasteiger partial charge in [-0.1, -0.05) is 24.3 Å². The van der Waals surface area contributed by atoms with Crippen LogP contribution in [0.3, 0.4) is 0 Å². The molecule has 0 radical (unpaired) electrons. The van der Waals surface area contributed by atoms with Crippen molar-refractivity contribution in [1.82, 2.24) is 0 Å². The zero-order valence-electron chi connectivity index (χ0n) is 9.44. The molecule has 0 saturated heterocycles. The van der Waals surface area contributed by atoms with Crippen molar-refractivity contribution in [3.63, 3.8) is 0 Å². The normalized spacial score (nSPS) is 9.06. The third-order valence-corrected chi connectivity index (χ3v) is 1.83. The van der Waals surface area contributed by atoms with Crippen molar-refractivity contribution < 1.29 is 10.3 Å². The molecule has 0 atom stereocenters. The molecule has 17 heavy (non-hydrogen) atoms. The zero-order chi connectivity index (χ0) is 12.3. The molecule has 2 N–H and O–H groups in total. The largest absolute Gasteiger partial charge is 0.412 e. The van der Waals surface area contributed by atoms with Crippen LogP contribution in [-0.2, 0) is 4.79 Å². The van der Waals surface area contributed by atoms with E-state index in [4.69, 9.17) is 0 Å². The molecular weight excluding hydrogens is 224 g/mol. The van der Waals surface area contributed by atoms with Gasteiger partial charge in [0.2, 0.25) is 10.9 Å². The molecule has 0 unspecified atom stereocenters. The molecule has 2 aromatic rings. The number of carbonyl (C=O) groups is 1. The Kier molecular flexibility index (Phi) is 5.08. The standard InChI is InChI=1S/C9H4O3.C3H6O.H2O/c10-7-5-3-1-2-4-6(5)8(11)9(7)12;1-3(2)4;/h1-4H;1-2H3;1H2. The second kappa shape index (κ2) is 5.81. The van der Waals surface area contributed by atoms with E-state index in [1.54, 1.807) is 12.1 Å². The van der Waals surface area contributed by atoms with Crippen LogP contribution in [0.15, 0.2) is 38.6 Å². The molecule has 0 amide bonds. The number of ketones is 1. The van der Waals surface area contributed by atoms with Gasteiger partial charge in [0.1, 0.15) is 5.78 Å². The summed E-state index contributed by atoms with van der Waals surface area (Å²) in [5.41, 5.74) is -2.29. The quantitative estimate of drug-likeness (QED) is 0.579. The molecule has 0 heterocycles. The van der Waals surface area contributed by atoms with Crippen molar-refractivity contribution >= 4 is 16.6 Å². The molecule has 5 nitrogen and oxygen atoms in total. The smallest absolute Gasteiger partial charge is 0.273 e. The topological polar surface area (TPSA) is 99.8 Å². The van der Waals surface area contributed by atoms with E-state index in [-0.39, 0.29) is 22.0 Å². The molecule has 0 bridgehead atoms. The fourth-order valence-electron chi connectivity index (χ4n) is 1.23. The zero-order valence-corrected chi connectivity index (χ0v) is 9.44. The highest BCUT2D eigenvalue weighted by molar-refractivity contribution is 5.83. The summed E-state index contributed by atoms with van der Waals surface area (Å²) in [7, 11) is 0. The number of Topliss-reactive ketones (excluding diaryl/α,β-unsaturated/α-hetero) is 1. The summed E-state index contributed by atoms with van der Waals surface area (Å²) >= 11 is 0. The van der Waals surface area contributed by atoms with Gasteiger partial charge in [-0.3, -0.25) is 14.4 Å². The van der Waals surface area contributed by atoms with Gasteiger partial charge in [0.25, 0.3) is 5.43 Å². The van der Waals surface area contributed by atoms with Gasteiger partial charge in [0, 0.05) is 10.8 Å². The fourth-order valence-corrected chi connectivity index (χ4v) is 1.23. The first-order valence-corrected chi connectivity index (χ1v) is 4.64. The van der Waals surface area contributed by atoms with E-state index in [0.717, 1.165) is 0 Å². The minimum atomic E-state index is -0.920. The van der Waals surface area contributed by atoms with E-state index in [1.165, 1.54) is 26.0 Å². The first kappa shape index (κ1) is 14.9.